The number of aromatic carboxylic acids is 1. The smallest absolute Gasteiger partial charge is 0.354 e. The third-order valence-corrected chi connectivity index (χ3v) is 2.92. The molecule has 4 nitrogen and oxygen atoms in total. The van der Waals surface area contributed by atoms with E-state index in [0.29, 0.717) is 11.0 Å². The molecule has 2 aromatic heterocycles. The van der Waals surface area contributed by atoms with E-state index in [1.807, 2.05) is 0 Å². The second-order valence-corrected chi connectivity index (χ2v) is 4.29. The van der Waals surface area contributed by atoms with Crippen molar-refractivity contribution in [2.24, 2.45) is 0 Å². The molecule has 0 unspecified atom stereocenters. The van der Waals surface area contributed by atoms with Crippen LogP contribution >= 0.6 is 11.8 Å². The van der Waals surface area contributed by atoms with Gasteiger partial charge in [-0.2, -0.15) is 0 Å². The monoisotopic (exact) mass is 268 g/mol. The first-order valence-corrected chi connectivity index (χ1v) is 5.56. The van der Waals surface area contributed by atoms with Crippen molar-refractivity contribution in [3.63, 3.8) is 0 Å². The highest BCUT2D eigenvalue weighted by molar-refractivity contribution is 7.99. The molecule has 18 heavy (non-hydrogen) atoms. The van der Waals surface area contributed by atoms with Crippen molar-refractivity contribution in [3.8, 4) is 0 Å². The van der Waals surface area contributed by atoms with Gasteiger partial charge in [-0.15, -0.1) is 0 Å². The maximum absolute atomic E-state index is 13.3. The summed E-state index contributed by atoms with van der Waals surface area (Å²) in [6, 6.07) is 3.52. The summed E-state index contributed by atoms with van der Waals surface area (Å²) in [4.78, 5) is 18.4. The molecule has 0 atom stereocenters. The van der Waals surface area contributed by atoms with Gasteiger partial charge in [-0.3, -0.25) is 0 Å². The lowest BCUT2D eigenvalue weighted by molar-refractivity contribution is 0.0690. The largest absolute Gasteiger partial charge is 0.477 e. The normalized spacial score (nSPS) is 10.3. The number of carbonyl (C=O) groups is 1. The van der Waals surface area contributed by atoms with E-state index in [9.17, 15) is 13.6 Å². The minimum Gasteiger partial charge on any atom is -0.477 e. The Bertz CT molecular complexity index is 607. The molecule has 0 aliphatic carbocycles. The number of hydrogen-bond acceptors (Lipinski definition) is 4. The van der Waals surface area contributed by atoms with Crippen LogP contribution in [0.1, 0.15) is 10.5 Å². The van der Waals surface area contributed by atoms with Gasteiger partial charge in [-0.1, -0.05) is 11.8 Å². The van der Waals surface area contributed by atoms with Crippen molar-refractivity contribution in [2.75, 3.05) is 0 Å². The zero-order valence-corrected chi connectivity index (χ0v) is 9.62. The Hall–Kier alpha value is -2.02. The molecule has 0 amide bonds. The molecular formula is C11H6F2N2O2S. The van der Waals surface area contributed by atoms with Crippen LogP contribution in [0.3, 0.4) is 0 Å². The average Bonchev–Trinajstić information content (AvgIpc) is 2.33. The molecule has 0 radical (unpaired) electrons. The Morgan fingerprint density at radius 2 is 2.06 bits per heavy atom. The molecule has 0 spiro atoms. The second-order valence-electron chi connectivity index (χ2n) is 3.22. The molecule has 2 heterocycles. The van der Waals surface area contributed by atoms with Crippen LogP contribution in [0.5, 0.6) is 0 Å². The van der Waals surface area contributed by atoms with Gasteiger partial charge in [0.1, 0.15) is 16.5 Å². The molecule has 2 aromatic rings. The average molecular weight is 268 g/mol. The van der Waals surface area contributed by atoms with Crippen LogP contribution in [0.25, 0.3) is 0 Å². The molecule has 7 heteroatoms. The summed E-state index contributed by atoms with van der Waals surface area (Å²) in [5.74, 6) is -2.74. The van der Waals surface area contributed by atoms with Gasteiger partial charge < -0.3 is 5.11 Å². The van der Waals surface area contributed by atoms with Crippen LogP contribution in [-0.2, 0) is 0 Å². The van der Waals surface area contributed by atoms with E-state index < -0.39 is 17.6 Å². The van der Waals surface area contributed by atoms with E-state index in [2.05, 4.69) is 9.97 Å². The van der Waals surface area contributed by atoms with E-state index in [1.54, 1.807) is 0 Å². The molecule has 92 valence electrons. The van der Waals surface area contributed by atoms with E-state index in [-0.39, 0.29) is 10.7 Å². The van der Waals surface area contributed by atoms with Crippen molar-refractivity contribution in [1.82, 2.24) is 9.97 Å². The zero-order chi connectivity index (χ0) is 13.1. The summed E-state index contributed by atoms with van der Waals surface area (Å²) in [5.41, 5.74) is -0.150. The van der Waals surface area contributed by atoms with Crippen molar-refractivity contribution in [1.29, 1.82) is 0 Å². The molecule has 0 fully saturated rings. The van der Waals surface area contributed by atoms with Gasteiger partial charge in [0.15, 0.2) is 5.82 Å². The standard InChI is InChI=1S/C11H6F2N2O2S/c12-6-3-8(13)10(15-5-6)18-7-1-2-14-9(4-7)11(16)17/h1-5H,(H,16,17). The number of nitrogens with zero attached hydrogens (tertiary/aromatic N) is 2. The van der Waals surface area contributed by atoms with Crippen molar-refractivity contribution in [3.05, 3.63) is 47.9 Å². The minimum atomic E-state index is -1.18. The maximum atomic E-state index is 13.3. The molecule has 0 saturated carbocycles. The van der Waals surface area contributed by atoms with Crippen LogP contribution < -0.4 is 0 Å². The lowest BCUT2D eigenvalue weighted by Gasteiger charge is -2.02. The molecule has 0 bridgehead atoms. The van der Waals surface area contributed by atoms with Gasteiger partial charge in [0.25, 0.3) is 0 Å². The number of rotatable bonds is 3. The zero-order valence-electron chi connectivity index (χ0n) is 8.80. The predicted octanol–water partition coefficient (Wildman–Crippen LogP) is 2.60. The molecular weight excluding hydrogens is 262 g/mol. The SMILES string of the molecule is O=C(O)c1cc(Sc2ncc(F)cc2F)ccn1. The Balaban J connectivity index is 2.28. The minimum absolute atomic E-state index is 0.0288. The molecule has 2 rings (SSSR count). The Morgan fingerprint density at radius 3 is 2.72 bits per heavy atom. The quantitative estimate of drug-likeness (QED) is 0.927. The van der Waals surface area contributed by atoms with E-state index in [0.717, 1.165) is 18.0 Å². The van der Waals surface area contributed by atoms with Gasteiger partial charge in [-0.05, 0) is 12.1 Å². The lowest BCUT2D eigenvalue weighted by atomic mass is 10.3. The summed E-state index contributed by atoms with van der Waals surface area (Å²) in [5, 5.41) is 8.73. The van der Waals surface area contributed by atoms with Crippen LogP contribution in [0.2, 0.25) is 0 Å². The fourth-order valence-electron chi connectivity index (χ4n) is 1.18. The van der Waals surface area contributed by atoms with E-state index >= 15 is 0 Å². The Labute approximate surface area is 105 Å². The summed E-state index contributed by atoms with van der Waals surface area (Å²) in [6.45, 7) is 0. The van der Waals surface area contributed by atoms with Gasteiger partial charge in [0, 0.05) is 17.2 Å². The fourth-order valence-corrected chi connectivity index (χ4v) is 1.96. The highest BCUT2D eigenvalue weighted by Gasteiger charge is 2.10. The van der Waals surface area contributed by atoms with Gasteiger partial charge >= 0.3 is 5.97 Å². The van der Waals surface area contributed by atoms with Gasteiger partial charge in [-0.25, -0.2) is 23.5 Å². The third kappa shape index (κ3) is 2.80. The number of hydrogen-bond donors (Lipinski definition) is 1. The molecule has 0 aliphatic heterocycles. The van der Waals surface area contributed by atoms with Gasteiger partial charge in [0.2, 0.25) is 0 Å². The summed E-state index contributed by atoms with van der Waals surface area (Å²) >= 11 is 0.898. The molecule has 0 aliphatic rings. The first-order chi connectivity index (χ1) is 8.56. The molecule has 0 saturated heterocycles. The van der Waals surface area contributed by atoms with E-state index in [4.69, 9.17) is 5.11 Å². The topological polar surface area (TPSA) is 63.1 Å². The van der Waals surface area contributed by atoms with Gasteiger partial charge in [0.05, 0.1) is 6.20 Å². The number of halogens is 2. The first kappa shape index (κ1) is 12.4. The molecule has 0 aromatic carbocycles. The maximum Gasteiger partial charge on any atom is 0.354 e. The van der Waals surface area contributed by atoms with Crippen molar-refractivity contribution in [2.45, 2.75) is 9.92 Å². The van der Waals surface area contributed by atoms with Crippen LogP contribution in [-0.4, -0.2) is 21.0 Å². The number of pyridine rings is 2. The number of carboxylic acid groups (broad SMARTS) is 1. The van der Waals surface area contributed by atoms with Crippen molar-refractivity contribution >= 4 is 17.7 Å². The van der Waals surface area contributed by atoms with Crippen LogP contribution in [0, 0.1) is 11.6 Å². The number of aromatic nitrogens is 2. The summed E-state index contributed by atoms with van der Waals surface area (Å²) in [6.07, 6.45) is 2.19. The summed E-state index contributed by atoms with van der Waals surface area (Å²) < 4.78 is 26.0. The first-order valence-electron chi connectivity index (χ1n) is 4.74. The Morgan fingerprint density at radius 1 is 1.28 bits per heavy atom. The van der Waals surface area contributed by atoms with Crippen LogP contribution in [0.4, 0.5) is 8.78 Å². The highest BCUT2D eigenvalue weighted by Crippen LogP contribution is 2.28. The van der Waals surface area contributed by atoms with Crippen molar-refractivity contribution < 1.29 is 18.7 Å². The van der Waals surface area contributed by atoms with E-state index in [1.165, 1.54) is 18.3 Å². The highest BCUT2D eigenvalue weighted by atomic mass is 32.2. The fraction of sp³-hybridized carbons (Fsp3) is 0. The van der Waals surface area contributed by atoms with Crippen LogP contribution in [0.15, 0.2) is 40.5 Å². The summed E-state index contributed by atoms with van der Waals surface area (Å²) in [7, 11) is 0. The molecule has 1 N–H and O–H groups in total. The predicted molar refractivity (Wildman–Crippen MR) is 59.5 cm³/mol. The second kappa shape index (κ2) is 5.09. The third-order valence-electron chi connectivity index (χ3n) is 1.94. The Kier molecular flexibility index (Phi) is 3.52. The lowest BCUT2D eigenvalue weighted by Crippen LogP contribution is -1.99. The number of carboxylic acids is 1.